The molecule has 0 bridgehead atoms. The van der Waals surface area contributed by atoms with Crippen molar-refractivity contribution in [1.29, 1.82) is 0 Å². The van der Waals surface area contributed by atoms with E-state index in [9.17, 15) is 4.79 Å². The lowest BCUT2D eigenvalue weighted by Crippen LogP contribution is -2.43. The molecule has 8 heteroatoms. The Kier molecular flexibility index (Phi) is 7.09. The van der Waals surface area contributed by atoms with Crippen LogP contribution in [0.2, 0.25) is 0 Å². The van der Waals surface area contributed by atoms with Gasteiger partial charge in [-0.15, -0.1) is 0 Å². The van der Waals surface area contributed by atoms with Crippen LogP contribution in [0.4, 0.5) is 0 Å². The Labute approximate surface area is 223 Å². The molecule has 1 atom stereocenters. The van der Waals surface area contributed by atoms with E-state index in [-0.39, 0.29) is 17.4 Å². The summed E-state index contributed by atoms with van der Waals surface area (Å²) in [5.74, 6) is 2.76. The van der Waals surface area contributed by atoms with Gasteiger partial charge in [-0.1, -0.05) is 0 Å². The second-order valence-corrected chi connectivity index (χ2v) is 10.6. The molecule has 0 spiro atoms. The average molecular weight is 521 g/mol. The highest BCUT2D eigenvalue weighted by Gasteiger charge is 2.36. The van der Waals surface area contributed by atoms with Crippen LogP contribution < -0.4 is 18.9 Å². The predicted molar refractivity (Wildman–Crippen MR) is 145 cm³/mol. The lowest BCUT2D eigenvalue weighted by Gasteiger charge is -2.36. The topological polar surface area (TPSA) is 79.4 Å². The van der Waals surface area contributed by atoms with Crippen molar-refractivity contribution in [2.45, 2.75) is 45.8 Å². The molecule has 3 aromatic rings. The Morgan fingerprint density at radius 3 is 2.53 bits per heavy atom. The Bertz CT molecular complexity index is 1370. The number of aromatic nitrogens is 1. The summed E-state index contributed by atoms with van der Waals surface area (Å²) >= 11 is 0. The minimum atomic E-state index is -0.292. The van der Waals surface area contributed by atoms with Crippen LogP contribution in [0, 0.1) is 12.8 Å². The molecule has 0 aliphatic carbocycles. The Morgan fingerprint density at radius 1 is 1.03 bits per heavy atom. The molecule has 2 aromatic carbocycles. The van der Waals surface area contributed by atoms with E-state index >= 15 is 0 Å². The molecule has 38 heavy (non-hydrogen) atoms. The van der Waals surface area contributed by atoms with Crippen molar-refractivity contribution in [3.63, 3.8) is 0 Å². The van der Waals surface area contributed by atoms with E-state index in [2.05, 4.69) is 6.07 Å². The van der Waals surface area contributed by atoms with Crippen LogP contribution in [-0.4, -0.2) is 62.5 Å². The number of methoxy groups -OCH3 is 3. The lowest BCUT2D eigenvalue weighted by atomic mass is 9.87. The van der Waals surface area contributed by atoms with Gasteiger partial charge in [0.25, 0.3) is 0 Å². The second kappa shape index (κ2) is 10.3. The van der Waals surface area contributed by atoms with E-state index in [0.717, 1.165) is 39.7 Å². The zero-order valence-electron chi connectivity index (χ0n) is 23.1. The van der Waals surface area contributed by atoms with E-state index in [1.165, 1.54) is 0 Å². The maximum atomic E-state index is 13.6. The fourth-order valence-electron chi connectivity index (χ4n) is 5.53. The first-order valence-electron chi connectivity index (χ1n) is 13.0. The molecule has 2 aliphatic heterocycles. The van der Waals surface area contributed by atoms with Gasteiger partial charge in [0.2, 0.25) is 5.91 Å². The molecular weight excluding hydrogens is 484 g/mol. The molecule has 1 amide bonds. The zero-order valence-corrected chi connectivity index (χ0v) is 23.1. The van der Waals surface area contributed by atoms with Crippen LogP contribution in [0.1, 0.15) is 37.8 Å². The van der Waals surface area contributed by atoms with E-state index < -0.39 is 0 Å². The number of nitrogens with zero attached hydrogens (tertiary/aromatic N) is 2. The summed E-state index contributed by atoms with van der Waals surface area (Å²) in [6, 6.07) is 9.86. The van der Waals surface area contributed by atoms with Crippen LogP contribution in [-0.2, 0) is 16.1 Å². The molecule has 1 saturated heterocycles. The Balaban J connectivity index is 1.53. The quantitative estimate of drug-likeness (QED) is 0.460. The number of ether oxygens (including phenoxy) is 5. The molecule has 8 nitrogen and oxygen atoms in total. The lowest BCUT2D eigenvalue weighted by molar-refractivity contribution is -0.146. The Morgan fingerprint density at radius 2 is 1.82 bits per heavy atom. The number of benzene rings is 2. The highest BCUT2D eigenvalue weighted by atomic mass is 16.5. The first-order chi connectivity index (χ1) is 18.2. The molecule has 1 fully saturated rings. The number of amides is 1. The van der Waals surface area contributed by atoms with Crippen molar-refractivity contribution >= 4 is 16.8 Å². The van der Waals surface area contributed by atoms with Crippen LogP contribution in [0.15, 0.2) is 30.3 Å². The summed E-state index contributed by atoms with van der Waals surface area (Å²) in [4.78, 5) is 20.5. The number of carbonyl (C=O) groups excluding carboxylic acids is 1. The van der Waals surface area contributed by atoms with E-state index in [1.54, 1.807) is 21.3 Å². The molecule has 0 radical (unpaired) electrons. The number of fused-ring (bicyclic) bond motifs is 2. The van der Waals surface area contributed by atoms with Gasteiger partial charge in [0, 0.05) is 41.6 Å². The molecule has 5 rings (SSSR count). The van der Waals surface area contributed by atoms with E-state index in [0.29, 0.717) is 55.7 Å². The highest BCUT2D eigenvalue weighted by molar-refractivity contribution is 5.91. The van der Waals surface area contributed by atoms with Gasteiger partial charge in [0.05, 0.1) is 39.2 Å². The third-order valence-corrected chi connectivity index (χ3v) is 7.49. The first-order valence-corrected chi connectivity index (χ1v) is 13.0. The summed E-state index contributed by atoms with van der Waals surface area (Å²) in [6.45, 7) is 8.13. The van der Waals surface area contributed by atoms with Gasteiger partial charge < -0.3 is 28.6 Å². The van der Waals surface area contributed by atoms with Gasteiger partial charge in [-0.25, -0.2) is 4.98 Å². The van der Waals surface area contributed by atoms with Crippen molar-refractivity contribution in [2.75, 3.05) is 41.1 Å². The van der Waals surface area contributed by atoms with Gasteiger partial charge >= 0.3 is 0 Å². The van der Waals surface area contributed by atoms with Crippen molar-refractivity contribution in [1.82, 2.24) is 9.88 Å². The first kappa shape index (κ1) is 26.1. The molecule has 0 N–H and O–H groups in total. The van der Waals surface area contributed by atoms with Gasteiger partial charge in [0.15, 0.2) is 11.5 Å². The number of aryl methyl sites for hydroxylation is 1. The summed E-state index contributed by atoms with van der Waals surface area (Å²) in [7, 11) is 4.90. The molecule has 202 valence electrons. The standard InChI is InChI=1S/C30H36N2O6/c1-18-11-24(31-27-23(18)14-22(34-4)15-25(27)35-5)20-12-21-17-32(8-10-37-28(21)26(13-20)36-6)29(33)19-7-9-38-30(2,3)16-19/h11-15,19H,7-10,16-17H2,1-6H3/t19-/m1/s1. The van der Waals surface area contributed by atoms with Gasteiger partial charge in [-0.05, 0) is 63.4 Å². The minimum Gasteiger partial charge on any atom is -0.497 e. The molecule has 0 unspecified atom stereocenters. The van der Waals surface area contributed by atoms with Crippen LogP contribution >= 0.6 is 0 Å². The zero-order chi connectivity index (χ0) is 27.0. The van der Waals surface area contributed by atoms with E-state index in [1.807, 2.05) is 49.9 Å². The third-order valence-electron chi connectivity index (χ3n) is 7.49. The molecule has 1 aromatic heterocycles. The van der Waals surface area contributed by atoms with Crippen LogP contribution in [0.3, 0.4) is 0 Å². The SMILES string of the molecule is COc1cc(OC)c2nc(-c3cc4c(c(OC)c3)OCCN(C(=O)[C@@H]3CCOC(C)(C)C3)C4)cc(C)c2c1. The number of carbonyl (C=O) groups is 1. The molecule has 2 aliphatic rings. The van der Waals surface area contributed by atoms with Gasteiger partial charge in [0.1, 0.15) is 23.6 Å². The fraction of sp³-hybridized carbons (Fsp3) is 0.467. The molecule has 3 heterocycles. The number of hydrogen-bond acceptors (Lipinski definition) is 7. The van der Waals surface area contributed by atoms with Crippen LogP contribution in [0.25, 0.3) is 22.2 Å². The van der Waals surface area contributed by atoms with Crippen LogP contribution in [0.5, 0.6) is 23.0 Å². The largest absolute Gasteiger partial charge is 0.497 e. The van der Waals surface area contributed by atoms with E-state index in [4.69, 9.17) is 28.7 Å². The third kappa shape index (κ3) is 4.97. The van der Waals surface area contributed by atoms with Crippen molar-refractivity contribution in [3.8, 4) is 34.3 Å². The number of pyridine rings is 1. The normalized spacial score (nSPS) is 18.8. The number of rotatable bonds is 5. The second-order valence-electron chi connectivity index (χ2n) is 10.6. The maximum absolute atomic E-state index is 13.6. The van der Waals surface area contributed by atoms with Crippen molar-refractivity contribution in [2.24, 2.45) is 5.92 Å². The predicted octanol–water partition coefficient (Wildman–Crippen LogP) is 5.16. The highest BCUT2D eigenvalue weighted by Crippen LogP contribution is 2.40. The minimum absolute atomic E-state index is 0.0559. The molecular formula is C30H36N2O6. The maximum Gasteiger partial charge on any atom is 0.226 e. The summed E-state index contributed by atoms with van der Waals surface area (Å²) in [5.41, 5.74) is 4.08. The molecule has 0 saturated carbocycles. The smallest absolute Gasteiger partial charge is 0.226 e. The Hall–Kier alpha value is -3.52. The van der Waals surface area contributed by atoms with Gasteiger partial charge in [-0.2, -0.15) is 0 Å². The fourth-order valence-corrected chi connectivity index (χ4v) is 5.53. The summed E-state index contributed by atoms with van der Waals surface area (Å²) in [6.07, 6.45) is 1.45. The number of hydrogen-bond donors (Lipinski definition) is 0. The van der Waals surface area contributed by atoms with Crippen molar-refractivity contribution < 1.29 is 28.5 Å². The summed E-state index contributed by atoms with van der Waals surface area (Å²) < 4.78 is 28.8. The van der Waals surface area contributed by atoms with Crippen molar-refractivity contribution in [3.05, 3.63) is 41.5 Å². The average Bonchev–Trinajstić information content (AvgIpc) is 3.13. The monoisotopic (exact) mass is 520 g/mol. The van der Waals surface area contributed by atoms with Gasteiger partial charge in [-0.3, -0.25) is 4.79 Å². The summed E-state index contributed by atoms with van der Waals surface area (Å²) in [5, 5.41) is 0.964.